The Labute approximate surface area is 170 Å². The zero-order chi connectivity index (χ0) is 19.1. The van der Waals surface area contributed by atoms with Crippen LogP contribution in [-0.2, 0) is 0 Å². The van der Waals surface area contributed by atoms with Crippen molar-refractivity contribution in [2.45, 2.75) is 26.9 Å². The molecule has 0 radical (unpaired) electrons. The minimum atomic E-state index is -0.294. The van der Waals surface area contributed by atoms with E-state index in [1.54, 1.807) is 24.4 Å². The number of hydrogen-bond acceptors (Lipinski definition) is 4. The Balaban J connectivity index is 2.17. The smallest absolute Gasteiger partial charge is 0.272 e. The van der Waals surface area contributed by atoms with Gasteiger partial charge in [0, 0.05) is 4.47 Å². The fourth-order valence-electron chi connectivity index (χ4n) is 2.15. The fraction of sp³-hybridized carbons (Fsp3) is 0.263. The molecule has 0 aliphatic rings. The molecule has 2 aromatic rings. The molecule has 0 saturated carbocycles. The van der Waals surface area contributed by atoms with E-state index in [1.807, 2.05) is 39.0 Å². The van der Waals surface area contributed by atoms with Gasteiger partial charge in [-0.05, 0) is 82.5 Å². The first kappa shape index (κ1) is 20.5. The molecule has 0 aliphatic heterocycles. The highest BCUT2D eigenvalue weighted by Gasteiger charge is 2.13. The summed E-state index contributed by atoms with van der Waals surface area (Å²) in [5.74, 6) is 0.975. The van der Waals surface area contributed by atoms with E-state index in [1.165, 1.54) is 0 Å². The highest BCUT2D eigenvalue weighted by atomic mass is 79.9. The second-order valence-electron chi connectivity index (χ2n) is 5.61. The summed E-state index contributed by atoms with van der Waals surface area (Å²) in [5.41, 5.74) is 3.80. The van der Waals surface area contributed by atoms with Crippen LogP contribution in [0.15, 0.2) is 50.4 Å². The van der Waals surface area contributed by atoms with Crippen molar-refractivity contribution in [3.8, 4) is 11.5 Å². The van der Waals surface area contributed by atoms with Crippen molar-refractivity contribution in [1.82, 2.24) is 5.43 Å². The fourth-order valence-corrected chi connectivity index (χ4v) is 3.16. The third-order valence-corrected chi connectivity index (χ3v) is 4.46. The Morgan fingerprint density at radius 2 is 1.96 bits per heavy atom. The van der Waals surface area contributed by atoms with E-state index < -0.39 is 0 Å². The molecule has 0 heterocycles. The van der Waals surface area contributed by atoms with Crippen LogP contribution in [0.3, 0.4) is 0 Å². The molecule has 0 atom stereocenters. The molecule has 0 spiro atoms. The van der Waals surface area contributed by atoms with Crippen molar-refractivity contribution in [2.24, 2.45) is 5.10 Å². The standard InChI is InChI=1S/C19H20Br2N2O3/c1-4-25-17-10-13(9-16(21)18(17)26-12(2)3)11-22-23-19(24)14-7-5-6-8-15(14)20/h5-12H,4H2,1-3H3,(H,23,24)/b22-11+. The number of hydrogen-bond donors (Lipinski definition) is 1. The lowest BCUT2D eigenvalue weighted by Gasteiger charge is -2.16. The van der Waals surface area contributed by atoms with Crippen LogP contribution in [-0.4, -0.2) is 24.8 Å². The van der Waals surface area contributed by atoms with Crippen molar-refractivity contribution in [1.29, 1.82) is 0 Å². The third-order valence-electron chi connectivity index (χ3n) is 3.18. The zero-order valence-corrected chi connectivity index (χ0v) is 17.9. The molecular formula is C19H20Br2N2O3. The Hall–Kier alpha value is -1.86. The van der Waals surface area contributed by atoms with Gasteiger partial charge in [0.2, 0.25) is 0 Å². The number of rotatable bonds is 7. The minimum absolute atomic E-state index is 0.0219. The molecule has 26 heavy (non-hydrogen) atoms. The van der Waals surface area contributed by atoms with Crippen LogP contribution in [0.25, 0.3) is 0 Å². The van der Waals surface area contributed by atoms with Gasteiger partial charge in [-0.2, -0.15) is 5.10 Å². The number of benzene rings is 2. The first-order chi connectivity index (χ1) is 12.4. The number of nitrogens with zero attached hydrogens (tertiary/aromatic N) is 1. The number of halogens is 2. The van der Waals surface area contributed by atoms with Gasteiger partial charge in [0.05, 0.1) is 29.0 Å². The molecule has 1 amide bonds. The Morgan fingerprint density at radius 1 is 1.23 bits per heavy atom. The maximum absolute atomic E-state index is 12.2. The van der Waals surface area contributed by atoms with Gasteiger partial charge in [0.1, 0.15) is 0 Å². The molecule has 2 aromatic carbocycles. The largest absolute Gasteiger partial charge is 0.490 e. The minimum Gasteiger partial charge on any atom is -0.490 e. The summed E-state index contributed by atoms with van der Waals surface area (Å²) in [7, 11) is 0. The number of ether oxygens (including phenoxy) is 2. The first-order valence-electron chi connectivity index (χ1n) is 8.13. The first-order valence-corrected chi connectivity index (χ1v) is 9.72. The van der Waals surface area contributed by atoms with E-state index in [0.717, 1.165) is 10.0 Å². The molecular weight excluding hydrogens is 464 g/mol. The topological polar surface area (TPSA) is 59.9 Å². The van der Waals surface area contributed by atoms with Gasteiger partial charge in [-0.25, -0.2) is 5.43 Å². The lowest BCUT2D eigenvalue weighted by Crippen LogP contribution is -2.18. The van der Waals surface area contributed by atoms with Gasteiger partial charge in [-0.1, -0.05) is 12.1 Å². The molecule has 0 fully saturated rings. The summed E-state index contributed by atoms with van der Waals surface area (Å²) in [6.45, 7) is 6.33. The lowest BCUT2D eigenvalue weighted by molar-refractivity contribution is 0.0954. The molecule has 0 bridgehead atoms. The quantitative estimate of drug-likeness (QED) is 0.437. The van der Waals surface area contributed by atoms with Crippen LogP contribution in [0.5, 0.6) is 11.5 Å². The average molecular weight is 484 g/mol. The van der Waals surface area contributed by atoms with E-state index in [2.05, 4.69) is 42.4 Å². The van der Waals surface area contributed by atoms with E-state index in [0.29, 0.717) is 28.1 Å². The van der Waals surface area contributed by atoms with E-state index in [-0.39, 0.29) is 12.0 Å². The summed E-state index contributed by atoms with van der Waals surface area (Å²) in [6.07, 6.45) is 1.58. The van der Waals surface area contributed by atoms with Crippen LogP contribution in [0, 0.1) is 0 Å². The summed E-state index contributed by atoms with van der Waals surface area (Å²) in [4.78, 5) is 12.2. The van der Waals surface area contributed by atoms with Gasteiger partial charge in [-0.3, -0.25) is 4.79 Å². The van der Waals surface area contributed by atoms with Crippen LogP contribution >= 0.6 is 31.9 Å². The molecule has 5 nitrogen and oxygen atoms in total. The van der Waals surface area contributed by atoms with E-state index >= 15 is 0 Å². The lowest BCUT2D eigenvalue weighted by atomic mass is 10.2. The van der Waals surface area contributed by atoms with Crippen molar-refractivity contribution in [2.75, 3.05) is 6.61 Å². The predicted molar refractivity (Wildman–Crippen MR) is 110 cm³/mol. The molecule has 0 saturated heterocycles. The summed E-state index contributed by atoms with van der Waals surface area (Å²) in [5, 5.41) is 4.03. The molecule has 2 rings (SSSR count). The highest BCUT2D eigenvalue weighted by molar-refractivity contribution is 9.10. The summed E-state index contributed by atoms with van der Waals surface area (Å²) < 4.78 is 12.9. The van der Waals surface area contributed by atoms with Crippen LogP contribution in [0.2, 0.25) is 0 Å². The summed E-state index contributed by atoms with van der Waals surface area (Å²) >= 11 is 6.85. The number of hydrazone groups is 1. The monoisotopic (exact) mass is 482 g/mol. The average Bonchev–Trinajstić information content (AvgIpc) is 2.58. The van der Waals surface area contributed by atoms with Gasteiger partial charge in [-0.15, -0.1) is 0 Å². The SMILES string of the molecule is CCOc1cc(/C=N/NC(=O)c2ccccc2Br)cc(Br)c1OC(C)C. The second-order valence-corrected chi connectivity index (χ2v) is 7.32. The highest BCUT2D eigenvalue weighted by Crippen LogP contribution is 2.37. The Morgan fingerprint density at radius 3 is 2.62 bits per heavy atom. The molecule has 1 N–H and O–H groups in total. The molecule has 138 valence electrons. The van der Waals surface area contributed by atoms with E-state index in [4.69, 9.17) is 9.47 Å². The predicted octanol–water partition coefficient (Wildman–Crippen LogP) is 5.16. The van der Waals surface area contributed by atoms with Gasteiger partial charge < -0.3 is 9.47 Å². The number of carbonyl (C=O) groups excluding carboxylic acids is 1. The van der Waals surface area contributed by atoms with Gasteiger partial charge >= 0.3 is 0 Å². The normalized spacial score (nSPS) is 11.0. The van der Waals surface area contributed by atoms with Gasteiger partial charge in [0.25, 0.3) is 5.91 Å². The molecule has 0 unspecified atom stereocenters. The van der Waals surface area contributed by atoms with Crippen LogP contribution in [0.1, 0.15) is 36.7 Å². The van der Waals surface area contributed by atoms with Gasteiger partial charge in [0.15, 0.2) is 11.5 Å². The zero-order valence-electron chi connectivity index (χ0n) is 14.8. The van der Waals surface area contributed by atoms with Crippen molar-refractivity contribution in [3.63, 3.8) is 0 Å². The number of nitrogens with one attached hydrogen (secondary N) is 1. The Kier molecular flexibility index (Phi) is 7.66. The maximum atomic E-state index is 12.2. The third kappa shape index (κ3) is 5.57. The maximum Gasteiger partial charge on any atom is 0.272 e. The van der Waals surface area contributed by atoms with Crippen molar-refractivity contribution >= 4 is 44.0 Å². The molecule has 0 aliphatic carbocycles. The number of carbonyl (C=O) groups is 1. The van der Waals surface area contributed by atoms with Crippen LogP contribution in [0.4, 0.5) is 0 Å². The molecule has 7 heteroatoms. The summed E-state index contributed by atoms with van der Waals surface area (Å²) in [6, 6.07) is 10.8. The van der Waals surface area contributed by atoms with Crippen molar-refractivity contribution in [3.05, 3.63) is 56.5 Å². The number of amides is 1. The Bertz CT molecular complexity index is 807. The second kappa shape index (κ2) is 9.73. The van der Waals surface area contributed by atoms with Crippen molar-refractivity contribution < 1.29 is 14.3 Å². The van der Waals surface area contributed by atoms with E-state index in [9.17, 15) is 4.79 Å². The molecule has 0 aromatic heterocycles. The van der Waals surface area contributed by atoms with Crippen LogP contribution < -0.4 is 14.9 Å².